The fraction of sp³-hybridized carbons (Fsp3) is 0.500. The molecule has 0 aromatic carbocycles. The van der Waals surface area contributed by atoms with Gasteiger partial charge in [0.1, 0.15) is 0 Å². The van der Waals surface area contributed by atoms with Gasteiger partial charge in [-0.15, -0.1) is 0 Å². The lowest BCUT2D eigenvalue weighted by molar-refractivity contribution is -0.165. The molecule has 6 atom stereocenters. The zero-order chi connectivity index (χ0) is 24.9. The van der Waals surface area contributed by atoms with Gasteiger partial charge in [0.2, 0.25) is 0 Å². The molecular weight excluding hydrogens is 443 g/mol. The van der Waals surface area contributed by atoms with Crippen LogP contribution in [0.5, 0.6) is 0 Å². The van der Waals surface area contributed by atoms with Crippen LogP contribution in [0.3, 0.4) is 0 Å². The number of aliphatic hydroxyl groups excluding tert-OH is 6. The van der Waals surface area contributed by atoms with Gasteiger partial charge in [0.05, 0.1) is 0 Å². The standard InChI is InChI=1S/3C4H6O6.B/c3*5-1(3(7)8)2(6)4(9)10;/h3*1-2,5-6H,(H,7,8)(H,9,10);. The van der Waals surface area contributed by atoms with E-state index in [1.165, 1.54) is 0 Å². The van der Waals surface area contributed by atoms with Gasteiger partial charge in [-0.1, -0.05) is 0 Å². The van der Waals surface area contributed by atoms with Gasteiger partial charge >= 0.3 is 35.8 Å². The second-order valence-electron chi connectivity index (χ2n) is 4.70. The van der Waals surface area contributed by atoms with E-state index in [0.717, 1.165) is 0 Å². The van der Waals surface area contributed by atoms with Crippen LogP contribution in [-0.4, -0.2) is 142 Å². The minimum Gasteiger partial charge on any atom is -0.479 e. The van der Waals surface area contributed by atoms with Crippen LogP contribution in [0.4, 0.5) is 0 Å². The number of aliphatic carboxylic acids is 6. The van der Waals surface area contributed by atoms with Crippen molar-refractivity contribution < 1.29 is 90.0 Å². The molecule has 31 heavy (non-hydrogen) atoms. The fourth-order valence-electron chi connectivity index (χ4n) is 0.810. The van der Waals surface area contributed by atoms with E-state index >= 15 is 0 Å². The van der Waals surface area contributed by atoms with Crippen molar-refractivity contribution in [3.63, 3.8) is 0 Å². The van der Waals surface area contributed by atoms with Crippen molar-refractivity contribution in [1.29, 1.82) is 0 Å². The maximum atomic E-state index is 9.77. The molecule has 0 amide bonds. The van der Waals surface area contributed by atoms with Crippen LogP contribution in [0.1, 0.15) is 0 Å². The molecule has 0 aromatic rings. The third-order valence-corrected chi connectivity index (χ3v) is 2.42. The molecule has 0 aliphatic rings. The SMILES string of the molecule is O=C(O)C(O)C(O)C(=O)O.O=C(O)C(O)C(O)C(=O)O.O=C(O)C(O)C(O)C(=O)O.[B]. The summed E-state index contributed by atoms with van der Waals surface area (Å²) in [6.07, 6.45) is -13.6. The molecule has 0 fully saturated rings. The summed E-state index contributed by atoms with van der Waals surface area (Å²) in [6.45, 7) is 0. The summed E-state index contributed by atoms with van der Waals surface area (Å²) in [7, 11) is 0. The van der Waals surface area contributed by atoms with Gasteiger partial charge in [-0.25, -0.2) is 28.8 Å². The molecule has 0 heterocycles. The van der Waals surface area contributed by atoms with Gasteiger partial charge in [0.25, 0.3) is 0 Å². The summed E-state index contributed by atoms with van der Waals surface area (Å²) in [5, 5.41) is 97.6. The second-order valence-corrected chi connectivity index (χ2v) is 4.70. The maximum Gasteiger partial charge on any atom is 0.335 e. The maximum absolute atomic E-state index is 9.77. The molecule has 12 N–H and O–H groups in total. The highest BCUT2D eigenvalue weighted by Gasteiger charge is 2.30. The van der Waals surface area contributed by atoms with Gasteiger partial charge < -0.3 is 61.3 Å². The molecule has 0 saturated heterocycles. The van der Waals surface area contributed by atoms with E-state index in [1.54, 1.807) is 0 Å². The highest BCUT2D eigenvalue weighted by molar-refractivity contribution is 5.84. The highest BCUT2D eigenvalue weighted by atomic mass is 16.5. The van der Waals surface area contributed by atoms with Crippen molar-refractivity contribution in [1.82, 2.24) is 0 Å². The van der Waals surface area contributed by atoms with Crippen molar-refractivity contribution in [2.24, 2.45) is 0 Å². The van der Waals surface area contributed by atoms with E-state index in [4.69, 9.17) is 61.3 Å². The Morgan fingerprint density at radius 2 is 0.387 bits per heavy atom. The average molecular weight is 461 g/mol. The van der Waals surface area contributed by atoms with Crippen molar-refractivity contribution in [3.8, 4) is 0 Å². The van der Waals surface area contributed by atoms with Crippen molar-refractivity contribution >= 4 is 44.2 Å². The minimum atomic E-state index is -2.27. The molecule has 0 bridgehead atoms. The number of rotatable bonds is 9. The fourth-order valence-corrected chi connectivity index (χ4v) is 0.810. The van der Waals surface area contributed by atoms with Crippen molar-refractivity contribution in [2.45, 2.75) is 36.6 Å². The predicted octanol–water partition coefficient (Wildman–Crippen LogP) is -6.75. The molecule has 19 heteroatoms. The summed E-state index contributed by atoms with van der Waals surface area (Å²) in [4.78, 5) is 58.6. The smallest absolute Gasteiger partial charge is 0.335 e. The largest absolute Gasteiger partial charge is 0.479 e. The monoisotopic (exact) mass is 461 g/mol. The number of carboxylic acid groups (broad SMARTS) is 6. The summed E-state index contributed by atoms with van der Waals surface area (Å²) < 4.78 is 0. The Labute approximate surface area is 172 Å². The molecule has 0 aromatic heterocycles. The number of carboxylic acids is 6. The lowest BCUT2D eigenvalue weighted by Crippen LogP contribution is -2.39. The Balaban J connectivity index is -0.000000174. The van der Waals surface area contributed by atoms with Crippen LogP contribution in [0.2, 0.25) is 0 Å². The molecule has 0 aliphatic heterocycles. The third kappa shape index (κ3) is 15.2. The zero-order valence-corrected chi connectivity index (χ0v) is 14.9. The topological polar surface area (TPSA) is 345 Å². The van der Waals surface area contributed by atoms with E-state index in [2.05, 4.69) is 0 Å². The molecule has 0 spiro atoms. The first-order valence-corrected chi connectivity index (χ1v) is 6.85. The molecule has 0 saturated carbocycles. The summed E-state index contributed by atoms with van der Waals surface area (Å²) in [5.41, 5.74) is 0. The lowest BCUT2D eigenvalue weighted by Gasteiger charge is -2.07. The lowest BCUT2D eigenvalue weighted by atomic mass is 10.2. The van der Waals surface area contributed by atoms with Gasteiger partial charge in [-0.05, 0) is 0 Å². The van der Waals surface area contributed by atoms with Crippen LogP contribution in [0.25, 0.3) is 0 Å². The van der Waals surface area contributed by atoms with Crippen molar-refractivity contribution in [3.05, 3.63) is 0 Å². The third-order valence-electron chi connectivity index (χ3n) is 2.42. The number of aliphatic hydroxyl groups is 6. The van der Waals surface area contributed by atoms with Crippen LogP contribution < -0.4 is 0 Å². The first-order chi connectivity index (χ1) is 13.4. The van der Waals surface area contributed by atoms with E-state index in [9.17, 15) is 28.8 Å². The molecule has 18 nitrogen and oxygen atoms in total. The Hall–Kier alpha value is -3.36. The van der Waals surface area contributed by atoms with Gasteiger partial charge in [0, 0.05) is 8.41 Å². The van der Waals surface area contributed by atoms with Crippen LogP contribution in [0, 0.1) is 0 Å². The second kappa shape index (κ2) is 16.4. The Morgan fingerprint density at radius 1 is 0.323 bits per heavy atom. The molecule has 177 valence electrons. The quantitative estimate of drug-likeness (QED) is 0.142. The van der Waals surface area contributed by atoms with E-state index in [-0.39, 0.29) is 8.41 Å². The first kappa shape index (κ1) is 35.1. The van der Waals surface area contributed by atoms with Gasteiger partial charge in [0.15, 0.2) is 36.6 Å². The molecule has 6 unspecified atom stereocenters. The van der Waals surface area contributed by atoms with Crippen LogP contribution in [-0.2, 0) is 28.8 Å². The predicted molar refractivity (Wildman–Crippen MR) is 87.6 cm³/mol. The Bertz CT molecular complexity index is 493. The Kier molecular flexibility index (Phi) is 18.6. The Morgan fingerprint density at radius 3 is 0.419 bits per heavy atom. The number of hydrogen-bond donors (Lipinski definition) is 12. The summed E-state index contributed by atoms with van der Waals surface area (Å²) >= 11 is 0. The number of hydrogen-bond acceptors (Lipinski definition) is 12. The molecule has 0 rings (SSSR count). The normalized spacial score (nSPS) is 15.3. The van der Waals surface area contributed by atoms with Gasteiger partial charge in [-0.2, -0.15) is 0 Å². The zero-order valence-electron chi connectivity index (χ0n) is 14.9. The van der Waals surface area contributed by atoms with Crippen molar-refractivity contribution in [2.75, 3.05) is 0 Å². The van der Waals surface area contributed by atoms with E-state index in [1.807, 2.05) is 0 Å². The average Bonchev–Trinajstić information content (AvgIpc) is 2.64. The van der Waals surface area contributed by atoms with Crippen LogP contribution >= 0.6 is 0 Å². The summed E-state index contributed by atoms with van der Waals surface area (Å²) in [5.74, 6) is -10.6. The summed E-state index contributed by atoms with van der Waals surface area (Å²) in [6, 6.07) is 0. The molecule has 3 radical (unpaired) electrons. The first-order valence-electron chi connectivity index (χ1n) is 6.85. The van der Waals surface area contributed by atoms with E-state index in [0.29, 0.717) is 0 Å². The minimum absolute atomic E-state index is 0. The van der Waals surface area contributed by atoms with E-state index < -0.39 is 72.4 Å². The number of carbonyl (C=O) groups is 6. The molecule has 0 aliphatic carbocycles. The highest BCUT2D eigenvalue weighted by Crippen LogP contribution is 1.94. The molecular formula is C12H18BO18. The van der Waals surface area contributed by atoms with Crippen LogP contribution in [0.15, 0.2) is 0 Å². The van der Waals surface area contributed by atoms with Gasteiger partial charge in [-0.3, -0.25) is 0 Å².